The van der Waals surface area contributed by atoms with Crippen molar-refractivity contribution in [1.82, 2.24) is 4.90 Å². The molecule has 1 atom stereocenters. The van der Waals surface area contributed by atoms with Gasteiger partial charge in [0, 0.05) is 0 Å². The van der Waals surface area contributed by atoms with Crippen molar-refractivity contribution in [3.8, 4) is 6.07 Å². The second kappa shape index (κ2) is 8.87. The van der Waals surface area contributed by atoms with E-state index in [-0.39, 0.29) is 12.4 Å². The summed E-state index contributed by atoms with van der Waals surface area (Å²) in [7, 11) is 4.12. The van der Waals surface area contributed by atoms with E-state index in [2.05, 4.69) is 81.4 Å². The molecule has 3 heteroatoms. The summed E-state index contributed by atoms with van der Waals surface area (Å²) in [5, 5.41) is 10.2. The first-order valence-electron chi connectivity index (χ1n) is 8.25. The lowest BCUT2D eigenvalue weighted by molar-refractivity contribution is 0.371. The van der Waals surface area contributed by atoms with E-state index >= 15 is 0 Å². The molecule has 24 heavy (non-hydrogen) atoms. The van der Waals surface area contributed by atoms with E-state index in [9.17, 15) is 5.26 Å². The average Bonchev–Trinajstić information content (AvgIpc) is 2.56. The third kappa shape index (κ3) is 4.17. The van der Waals surface area contributed by atoms with Crippen molar-refractivity contribution in [2.45, 2.75) is 32.1 Å². The van der Waals surface area contributed by atoms with Crippen molar-refractivity contribution in [2.24, 2.45) is 0 Å². The lowest BCUT2D eigenvalue weighted by Gasteiger charge is -2.31. The Labute approximate surface area is 152 Å². The van der Waals surface area contributed by atoms with Gasteiger partial charge in [-0.05, 0) is 57.1 Å². The fourth-order valence-electron chi connectivity index (χ4n) is 3.16. The third-order valence-electron chi connectivity index (χ3n) is 4.49. The largest absolute Gasteiger partial charge is 0.309 e. The van der Waals surface area contributed by atoms with Crippen molar-refractivity contribution in [3.63, 3.8) is 0 Å². The molecule has 0 aliphatic rings. The SMILES string of the molecule is CCc1ccccc1C(C#N)(CCN(C)C)c1cccc(C)c1.Cl. The fourth-order valence-corrected chi connectivity index (χ4v) is 3.16. The van der Waals surface area contributed by atoms with E-state index in [0.717, 1.165) is 30.5 Å². The summed E-state index contributed by atoms with van der Waals surface area (Å²) in [5.41, 5.74) is 4.11. The van der Waals surface area contributed by atoms with E-state index in [1.807, 2.05) is 6.07 Å². The number of nitrogens with zero attached hydrogens (tertiary/aromatic N) is 2. The summed E-state index contributed by atoms with van der Waals surface area (Å²) >= 11 is 0. The van der Waals surface area contributed by atoms with Crippen molar-refractivity contribution >= 4 is 12.4 Å². The third-order valence-corrected chi connectivity index (χ3v) is 4.49. The normalized spacial score (nSPS) is 13.0. The fraction of sp³-hybridized carbons (Fsp3) is 0.381. The summed E-state index contributed by atoms with van der Waals surface area (Å²) in [4.78, 5) is 2.15. The number of rotatable bonds is 6. The minimum atomic E-state index is -0.594. The molecule has 0 aliphatic carbocycles. The maximum absolute atomic E-state index is 10.2. The second-order valence-corrected chi connectivity index (χ2v) is 6.45. The highest BCUT2D eigenvalue weighted by molar-refractivity contribution is 5.85. The van der Waals surface area contributed by atoms with Crippen LogP contribution in [0.3, 0.4) is 0 Å². The molecular weight excluding hydrogens is 316 g/mol. The maximum Gasteiger partial charge on any atom is 0.109 e. The van der Waals surface area contributed by atoms with Gasteiger partial charge in [0.15, 0.2) is 0 Å². The molecule has 2 aromatic carbocycles. The summed E-state index contributed by atoms with van der Waals surface area (Å²) in [6.07, 6.45) is 1.73. The van der Waals surface area contributed by atoms with Gasteiger partial charge in [-0.1, -0.05) is 61.0 Å². The molecule has 0 spiro atoms. The Hall–Kier alpha value is -1.82. The van der Waals surface area contributed by atoms with Crippen molar-refractivity contribution in [2.75, 3.05) is 20.6 Å². The van der Waals surface area contributed by atoms with Gasteiger partial charge >= 0.3 is 0 Å². The van der Waals surface area contributed by atoms with Crippen LogP contribution in [0.15, 0.2) is 48.5 Å². The molecular formula is C21H27ClN2. The highest BCUT2D eigenvalue weighted by Crippen LogP contribution is 2.37. The topological polar surface area (TPSA) is 27.0 Å². The van der Waals surface area contributed by atoms with Crippen LogP contribution in [0.4, 0.5) is 0 Å². The molecule has 2 rings (SSSR count). The zero-order chi connectivity index (χ0) is 16.9. The summed E-state index contributed by atoms with van der Waals surface area (Å²) < 4.78 is 0. The first-order chi connectivity index (χ1) is 11.0. The zero-order valence-electron chi connectivity index (χ0n) is 15.0. The molecule has 0 bridgehead atoms. The van der Waals surface area contributed by atoms with Crippen LogP contribution in [0.2, 0.25) is 0 Å². The van der Waals surface area contributed by atoms with Crippen LogP contribution in [0.25, 0.3) is 0 Å². The van der Waals surface area contributed by atoms with E-state index in [1.54, 1.807) is 0 Å². The minimum Gasteiger partial charge on any atom is -0.309 e. The number of aryl methyl sites for hydroxylation is 2. The van der Waals surface area contributed by atoms with Crippen LogP contribution < -0.4 is 0 Å². The average molecular weight is 343 g/mol. The van der Waals surface area contributed by atoms with Gasteiger partial charge in [-0.15, -0.1) is 12.4 Å². The predicted octanol–water partition coefficient (Wildman–Crippen LogP) is 4.74. The first-order valence-corrected chi connectivity index (χ1v) is 8.25. The van der Waals surface area contributed by atoms with Crippen molar-refractivity contribution in [3.05, 3.63) is 70.8 Å². The molecule has 0 amide bonds. The molecule has 128 valence electrons. The lowest BCUT2D eigenvalue weighted by atomic mass is 9.71. The van der Waals surface area contributed by atoms with E-state index in [4.69, 9.17) is 0 Å². The van der Waals surface area contributed by atoms with Crippen LogP contribution in [0.1, 0.15) is 35.6 Å². The van der Waals surface area contributed by atoms with Gasteiger partial charge < -0.3 is 4.90 Å². The van der Waals surface area contributed by atoms with Crippen molar-refractivity contribution < 1.29 is 0 Å². The summed E-state index contributed by atoms with van der Waals surface area (Å²) in [6, 6.07) is 19.5. The van der Waals surface area contributed by atoms with Crippen molar-refractivity contribution in [1.29, 1.82) is 5.26 Å². The monoisotopic (exact) mass is 342 g/mol. The molecule has 2 nitrogen and oxygen atoms in total. The number of nitriles is 1. The van der Waals surface area contributed by atoms with Crippen LogP contribution in [0, 0.1) is 18.3 Å². The van der Waals surface area contributed by atoms with Crippen LogP contribution in [-0.2, 0) is 11.8 Å². The molecule has 1 unspecified atom stereocenters. The molecule has 0 saturated heterocycles. The van der Waals surface area contributed by atoms with Gasteiger partial charge in [-0.3, -0.25) is 0 Å². The molecule has 0 N–H and O–H groups in total. The Morgan fingerprint density at radius 2 is 1.79 bits per heavy atom. The smallest absolute Gasteiger partial charge is 0.109 e. The number of hydrogen-bond donors (Lipinski definition) is 0. The Morgan fingerprint density at radius 1 is 1.08 bits per heavy atom. The molecule has 0 fully saturated rings. The molecule has 0 heterocycles. The zero-order valence-corrected chi connectivity index (χ0v) is 15.9. The van der Waals surface area contributed by atoms with Gasteiger partial charge in [-0.25, -0.2) is 0 Å². The molecule has 0 radical (unpaired) electrons. The van der Waals surface area contributed by atoms with E-state index in [0.29, 0.717) is 0 Å². The molecule has 2 aromatic rings. The van der Waals surface area contributed by atoms with Gasteiger partial charge in [0.1, 0.15) is 5.41 Å². The van der Waals surface area contributed by atoms with Crippen LogP contribution in [0.5, 0.6) is 0 Å². The second-order valence-electron chi connectivity index (χ2n) is 6.45. The molecule has 0 saturated carbocycles. The van der Waals surface area contributed by atoms with Gasteiger partial charge in [0.05, 0.1) is 6.07 Å². The molecule has 0 aromatic heterocycles. The van der Waals surface area contributed by atoms with Gasteiger partial charge in [0.2, 0.25) is 0 Å². The van der Waals surface area contributed by atoms with E-state index in [1.165, 1.54) is 11.1 Å². The Bertz CT molecular complexity index is 703. The maximum atomic E-state index is 10.2. The Morgan fingerprint density at radius 3 is 2.38 bits per heavy atom. The Kier molecular flexibility index (Phi) is 7.48. The van der Waals surface area contributed by atoms with Crippen LogP contribution in [-0.4, -0.2) is 25.5 Å². The van der Waals surface area contributed by atoms with Crippen LogP contribution >= 0.6 is 12.4 Å². The standard InChI is InChI=1S/C21H26N2.ClH/c1-5-18-10-6-7-12-20(18)21(16-22,13-14-23(3)4)19-11-8-9-17(2)15-19;/h6-12,15H,5,13-14H2,1-4H3;1H. The first kappa shape index (κ1) is 20.2. The summed E-state index contributed by atoms with van der Waals surface area (Å²) in [5.74, 6) is 0. The summed E-state index contributed by atoms with van der Waals surface area (Å²) in [6.45, 7) is 5.12. The van der Waals surface area contributed by atoms with Gasteiger partial charge in [0.25, 0.3) is 0 Å². The highest BCUT2D eigenvalue weighted by atomic mass is 35.5. The number of benzene rings is 2. The lowest BCUT2D eigenvalue weighted by Crippen LogP contribution is -2.32. The highest BCUT2D eigenvalue weighted by Gasteiger charge is 2.36. The molecule has 0 aliphatic heterocycles. The Balaban J connectivity index is 0.00000288. The minimum absolute atomic E-state index is 0. The predicted molar refractivity (Wildman–Crippen MR) is 104 cm³/mol. The number of hydrogen-bond acceptors (Lipinski definition) is 2. The van der Waals surface area contributed by atoms with E-state index < -0.39 is 5.41 Å². The van der Waals surface area contributed by atoms with Gasteiger partial charge in [-0.2, -0.15) is 5.26 Å². The number of halogens is 1. The quantitative estimate of drug-likeness (QED) is 0.758.